The van der Waals surface area contributed by atoms with Gasteiger partial charge in [0.1, 0.15) is 12.6 Å². The van der Waals surface area contributed by atoms with Crippen molar-refractivity contribution >= 4 is 18.0 Å². The van der Waals surface area contributed by atoms with Gasteiger partial charge in [0.05, 0.1) is 18.6 Å². The monoisotopic (exact) mass is 540 g/mol. The fraction of sp³-hybridized carbons (Fsp3) is 0.344. The van der Waals surface area contributed by atoms with Crippen molar-refractivity contribution in [3.05, 3.63) is 95.6 Å². The van der Waals surface area contributed by atoms with E-state index in [0.29, 0.717) is 13.0 Å². The third-order valence-corrected chi connectivity index (χ3v) is 8.57. The van der Waals surface area contributed by atoms with Crippen molar-refractivity contribution in [1.29, 1.82) is 0 Å². The number of carbonyl (C=O) groups excluding carboxylic acids is 2. The van der Waals surface area contributed by atoms with Crippen LogP contribution >= 0.6 is 0 Å². The zero-order valence-corrected chi connectivity index (χ0v) is 22.2. The number of carboxylic acid groups (broad SMARTS) is 1. The Labute approximate surface area is 232 Å². The zero-order valence-electron chi connectivity index (χ0n) is 22.2. The van der Waals surface area contributed by atoms with Crippen LogP contribution in [-0.2, 0) is 25.7 Å². The van der Waals surface area contributed by atoms with Gasteiger partial charge in [-0.05, 0) is 47.1 Å². The molecule has 2 aliphatic carbocycles. The van der Waals surface area contributed by atoms with Crippen LogP contribution in [0, 0.1) is 11.8 Å². The lowest BCUT2D eigenvalue weighted by Crippen LogP contribution is -2.56. The largest absolute Gasteiger partial charge is 0.481 e. The molecule has 3 unspecified atom stereocenters. The fourth-order valence-electron chi connectivity index (χ4n) is 6.46. The van der Waals surface area contributed by atoms with E-state index in [0.717, 1.165) is 27.8 Å². The second-order valence-corrected chi connectivity index (χ2v) is 10.9. The highest BCUT2D eigenvalue weighted by Crippen LogP contribution is 2.47. The smallest absolute Gasteiger partial charge is 0.407 e. The first-order valence-electron chi connectivity index (χ1n) is 13.7. The average Bonchev–Trinajstić information content (AvgIpc) is 3.65. The molecule has 206 valence electrons. The highest BCUT2D eigenvalue weighted by Gasteiger charge is 2.58. The second-order valence-electron chi connectivity index (χ2n) is 10.9. The number of rotatable bonds is 9. The first-order valence-corrected chi connectivity index (χ1v) is 13.7. The Morgan fingerprint density at radius 1 is 0.950 bits per heavy atom. The molecule has 5 atom stereocenters. The molecule has 2 saturated heterocycles. The summed E-state index contributed by atoms with van der Waals surface area (Å²) in [6.45, 7) is 2.50. The Bertz CT molecular complexity index is 1380. The molecule has 2 N–H and O–H groups in total. The Balaban J connectivity index is 1.16. The number of carboxylic acids is 1. The van der Waals surface area contributed by atoms with Crippen LogP contribution in [-0.4, -0.2) is 59.3 Å². The molecule has 0 radical (unpaired) electrons. The van der Waals surface area contributed by atoms with Crippen LogP contribution in [0.2, 0.25) is 0 Å². The number of benzene rings is 3. The maximum Gasteiger partial charge on any atom is 0.407 e. The molecule has 2 aliphatic heterocycles. The standard InChI is InChI=1S/C32H32N2O6/c1-19(39-17-20-9-3-2-4-10-20)29(30(35)34-16-21-15-27(34)28(21)31(36)37)33-32(38)40-18-26-24-13-7-5-11-22(24)23-12-6-8-14-25(23)26/h2-14,19,21,26-29H,15-18H2,1H3,(H,33,38)(H,36,37)/t19-,21?,27?,28?,29+/m0/s1. The molecule has 8 nitrogen and oxygen atoms in total. The van der Waals surface area contributed by atoms with Gasteiger partial charge in [0.2, 0.25) is 5.91 Å². The third-order valence-electron chi connectivity index (χ3n) is 8.57. The summed E-state index contributed by atoms with van der Waals surface area (Å²) >= 11 is 0. The minimum Gasteiger partial charge on any atom is -0.481 e. The second kappa shape index (κ2) is 10.8. The number of aliphatic carboxylic acids is 1. The van der Waals surface area contributed by atoms with E-state index >= 15 is 0 Å². The lowest BCUT2D eigenvalue weighted by atomic mass is 9.74. The quantitative estimate of drug-likeness (QED) is 0.416. The first kappa shape index (κ1) is 26.1. The maximum absolute atomic E-state index is 13.7. The first-order chi connectivity index (χ1) is 19.4. The summed E-state index contributed by atoms with van der Waals surface area (Å²) in [7, 11) is 0. The normalized spacial score (nSPS) is 22.0. The number of nitrogens with one attached hydrogen (secondary N) is 1. The zero-order chi connectivity index (χ0) is 27.8. The highest BCUT2D eigenvalue weighted by atomic mass is 16.5. The van der Waals surface area contributed by atoms with Crippen molar-refractivity contribution in [2.45, 2.75) is 44.1 Å². The number of hydrogen-bond donors (Lipinski definition) is 2. The van der Waals surface area contributed by atoms with Gasteiger partial charge in [0.25, 0.3) is 0 Å². The SMILES string of the molecule is C[C@H](OCc1ccccc1)[C@@H](NC(=O)OCC1c2ccccc2-c2ccccc21)C(=O)N1CC2CC1C2C(=O)O. The molecular formula is C32H32N2O6. The van der Waals surface area contributed by atoms with Crippen molar-refractivity contribution < 1.29 is 29.0 Å². The molecule has 3 aromatic carbocycles. The van der Waals surface area contributed by atoms with Crippen molar-refractivity contribution in [3.8, 4) is 11.1 Å². The van der Waals surface area contributed by atoms with Gasteiger partial charge >= 0.3 is 12.1 Å². The van der Waals surface area contributed by atoms with Crippen LogP contribution in [0.15, 0.2) is 78.9 Å². The number of nitrogens with zero attached hydrogens (tertiary/aromatic N) is 1. The number of carbonyl (C=O) groups is 3. The summed E-state index contributed by atoms with van der Waals surface area (Å²) in [5, 5.41) is 12.3. The van der Waals surface area contributed by atoms with E-state index in [9.17, 15) is 19.5 Å². The number of alkyl carbamates (subject to hydrolysis) is 1. The van der Waals surface area contributed by atoms with E-state index in [1.807, 2.05) is 66.7 Å². The Kier molecular flexibility index (Phi) is 7.02. The van der Waals surface area contributed by atoms with Crippen molar-refractivity contribution in [2.75, 3.05) is 13.2 Å². The molecule has 3 aromatic rings. The molecule has 2 heterocycles. The average molecular weight is 541 g/mol. The molecule has 4 aliphatic rings. The summed E-state index contributed by atoms with van der Waals surface area (Å²) < 4.78 is 11.8. The van der Waals surface area contributed by atoms with Crippen LogP contribution < -0.4 is 5.32 Å². The molecule has 2 amide bonds. The summed E-state index contributed by atoms with van der Waals surface area (Å²) in [6.07, 6.45) is -0.717. The molecule has 0 aromatic heterocycles. The van der Waals surface area contributed by atoms with Gasteiger partial charge in [-0.1, -0.05) is 78.9 Å². The summed E-state index contributed by atoms with van der Waals surface area (Å²) in [6, 6.07) is 24.4. The van der Waals surface area contributed by atoms with Gasteiger partial charge < -0.3 is 24.8 Å². The van der Waals surface area contributed by atoms with Crippen LogP contribution in [0.25, 0.3) is 11.1 Å². The molecule has 2 bridgehead atoms. The molecule has 1 saturated carbocycles. The van der Waals surface area contributed by atoms with Gasteiger partial charge in [-0.3, -0.25) is 9.59 Å². The summed E-state index contributed by atoms with van der Waals surface area (Å²) in [4.78, 5) is 40.1. The lowest BCUT2D eigenvalue weighted by Gasteiger charge is -2.35. The molecule has 3 fully saturated rings. The number of hydrogen-bond acceptors (Lipinski definition) is 5. The van der Waals surface area contributed by atoms with E-state index in [-0.39, 0.29) is 37.0 Å². The minimum atomic E-state index is -1.02. The molecule has 7 rings (SSSR count). The fourth-order valence-corrected chi connectivity index (χ4v) is 6.46. The van der Waals surface area contributed by atoms with Crippen molar-refractivity contribution in [1.82, 2.24) is 10.2 Å². The van der Waals surface area contributed by atoms with Crippen LogP contribution in [0.1, 0.15) is 36.0 Å². The number of fused-ring (bicyclic) bond motifs is 4. The predicted octanol–water partition coefficient (Wildman–Crippen LogP) is 4.43. The van der Waals surface area contributed by atoms with Gasteiger partial charge in [0.15, 0.2) is 0 Å². The number of amides is 2. The van der Waals surface area contributed by atoms with Crippen LogP contribution in [0.3, 0.4) is 0 Å². The lowest BCUT2D eigenvalue weighted by molar-refractivity contribution is -0.149. The maximum atomic E-state index is 13.7. The van der Waals surface area contributed by atoms with E-state index in [4.69, 9.17) is 9.47 Å². The summed E-state index contributed by atoms with van der Waals surface area (Å²) in [5.41, 5.74) is 5.39. The summed E-state index contributed by atoms with van der Waals surface area (Å²) in [5.74, 6) is -1.95. The van der Waals surface area contributed by atoms with Crippen LogP contribution in [0.5, 0.6) is 0 Å². The topological polar surface area (TPSA) is 105 Å². The van der Waals surface area contributed by atoms with Crippen molar-refractivity contribution in [3.63, 3.8) is 0 Å². The molecular weight excluding hydrogens is 508 g/mol. The van der Waals surface area contributed by atoms with Crippen LogP contribution in [0.4, 0.5) is 4.79 Å². The molecule has 8 heteroatoms. The van der Waals surface area contributed by atoms with E-state index < -0.39 is 30.1 Å². The van der Waals surface area contributed by atoms with Gasteiger partial charge in [-0.25, -0.2) is 4.79 Å². The minimum absolute atomic E-state index is 0.0536. The Morgan fingerprint density at radius 3 is 2.20 bits per heavy atom. The predicted molar refractivity (Wildman–Crippen MR) is 147 cm³/mol. The van der Waals surface area contributed by atoms with Crippen molar-refractivity contribution in [2.24, 2.45) is 11.8 Å². The Hall–Kier alpha value is -4.17. The molecule has 0 spiro atoms. The van der Waals surface area contributed by atoms with Gasteiger partial charge in [-0.15, -0.1) is 0 Å². The van der Waals surface area contributed by atoms with Gasteiger partial charge in [0, 0.05) is 18.5 Å². The third kappa shape index (κ3) is 4.73. The Morgan fingerprint density at radius 2 is 1.57 bits per heavy atom. The van der Waals surface area contributed by atoms with Gasteiger partial charge in [-0.2, -0.15) is 0 Å². The van der Waals surface area contributed by atoms with E-state index in [2.05, 4.69) is 17.4 Å². The van der Waals surface area contributed by atoms with E-state index in [1.54, 1.807) is 11.8 Å². The molecule has 40 heavy (non-hydrogen) atoms. The highest BCUT2D eigenvalue weighted by molar-refractivity contribution is 5.88. The number of ether oxygens (including phenoxy) is 2. The van der Waals surface area contributed by atoms with E-state index in [1.165, 1.54) is 0 Å².